The van der Waals surface area contributed by atoms with Crippen molar-refractivity contribution in [1.82, 2.24) is 9.55 Å². The van der Waals surface area contributed by atoms with Gasteiger partial charge < -0.3 is 14.0 Å². The lowest BCUT2D eigenvalue weighted by Gasteiger charge is -2.21. The largest absolute Gasteiger partial charge is 0.477 e. The van der Waals surface area contributed by atoms with Crippen LogP contribution in [0.15, 0.2) is 42.6 Å². The molecule has 32 heavy (non-hydrogen) atoms. The van der Waals surface area contributed by atoms with Gasteiger partial charge in [0.05, 0.1) is 35.4 Å². The van der Waals surface area contributed by atoms with Crippen LogP contribution in [0.1, 0.15) is 56.9 Å². The Balaban J connectivity index is 1.45. The quantitative estimate of drug-likeness (QED) is 0.455. The van der Waals surface area contributed by atoms with Gasteiger partial charge in [0.1, 0.15) is 0 Å². The van der Waals surface area contributed by atoms with E-state index in [4.69, 9.17) is 19.7 Å². The van der Waals surface area contributed by atoms with Gasteiger partial charge in [0.25, 0.3) is 0 Å². The number of aromatic nitrogens is 2. The molecule has 1 aliphatic carbocycles. The molecule has 0 spiro atoms. The fourth-order valence-corrected chi connectivity index (χ4v) is 4.55. The van der Waals surface area contributed by atoms with Crippen LogP contribution in [0, 0.1) is 17.2 Å². The van der Waals surface area contributed by atoms with Gasteiger partial charge in [-0.25, -0.2) is 4.98 Å². The molecule has 0 N–H and O–H groups in total. The SMILES string of the molecule is N#Cc1ccc(-c2cc3c(ccn3C[C@@H]3CCCCCCO3)nc2OCCC2CC2)cc1. The second-order valence-corrected chi connectivity index (χ2v) is 9.18. The van der Waals surface area contributed by atoms with E-state index in [1.54, 1.807) is 0 Å². The smallest absolute Gasteiger partial charge is 0.222 e. The first-order valence-corrected chi connectivity index (χ1v) is 12.0. The predicted octanol–water partition coefficient (Wildman–Crippen LogP) is 6.10. The highest BCUT2D eigenvalue weighted by Crippen LogP contribution is 2.35. The molecule has 0 bridgehead atoms. The lowest BCUT2D eigenvalue weighted by Crippen LogP contribution is -2.21. The van der Waals surface area contributed by atoms with Crippen molar-refractivity contribution in [2.75, 3.05) is 13.2 Å². The highest BCUT2D eigenvalue weighted by atomic mass is 16.5. The van der Waals surface area contributed by atoms with Crippen LogP contribution in [0.5, 0.6) is 5.88 Å². The molecule has 0 unspecified atom stereocenters. The topological polar surface area (TPSA) is 60.1 Å². The molecule has 1 saturated carbocycles. The molecule has 1 aromatic carbocycles. The highest BCUT2D eigenvalue weighted by molar-refractivity contribution is 5.84. The molecule has 3 heterocycles. The average molecular weight is 430 g/mol. The summed E-state index contributed by atoms with van der Waals surface area (Å²) in [4.78, 5) is 4.91. The average Bonchev–Trinajstić information content (AvgIpc) is 3.55. The molecule has 0 amide bonds. The van der Waals surface area contributed by atoms with Crippen LogP contribution < -0.4 is 4.74 Å². The van der Waals surface area contributed by atoms with Crippen LogP contribution in [-0.4, -0.2) is 28.9 Å². The molecular formula is C27H31N3O2. The Kier molecular flexibility index (Phi) is 6.41. The van der Waals surface area contributed by atoms with Gasteiger partial charge in [-0.2, -0.15) is 5.26 Å². The molecule has 5 rings (SSSR count). The van der Waals surface area contributed by atoms with Crippen LogP contribution in [0.2, 0.25) is 0 Å². The first kappa shape index (κ1) is 21.0. The van der Waals surface area contributed by atoms with Gasteiger partial charge in [-0.3, -0.25) is 0 Å². The standard InChI is InChI=1S/C27H31N3O2/c28-18-21-8-10-22(11-9-21)24-17-26-25(29-27(24)32-16-13-20-6-7-20)12-14-30(26)19-23-5-3-1-2-4-15-31-23/h8-12,14,17,20,23H,1-7,13,15-16,19H2/t23-/m0/s1. The van der Waals surface area contributed by atoms with Crippen molar-refractivity contribution in [2.45, 2.75) is 64.0 Å². The molecule has 1 saturated heterocycles. The molecule has 5 heteroatoms. The van der Waals surface area contributed by atoms with Crippen LogP contribution in [0.25, 0.3) is 22.2 Å². The van der Waals surface area contributed by atoms with Crippen molar-refractivity contribution < 1.29 is 9.47 Å². The summed E-state index contributed by atoms with van der Waals surface area (Å²) in [5, 5.41) is 9.17. The summed E-state index contributed by atoms with van der Waals surface area (Å²) < 4.78 is 14.6. The molecule has 2 fully saturated rings. The number of rotatable bonds is 7. The van der Waals surface area contributed by atoms with Gasteiger partial charge in [-0.15, -0.1) is 0 Å². The zero-order valence-corrected chi connectivity index (χ0v) is 18.6. The minimum Gasteiger partial charge on any atom is -0.477 e. The Morgan fingerprint density at radius 1 is 1.06 bits per heavy atom. The Morgan fingerprint density at radius 2 is 1.91 bits per heavy atom. The zero-order valence-electron chi connectivity index (χ0n) is 18.6. The van der Waals surface area contributed by atoms with E-state index in [2.05, 4.69) is 29.0 Å². The van der Waals surface area contributed by atoms with Gasteiger partial charge in [-0.05, 0) is 55.0 Å². The van der Waals surface area contributed by atoms with Crippen LogP contribution in [-0.2, 0) is 11.3 Å². The van der Waals surface area contributed by atoms with E-state index < -0.39 is 0 Å². The normalized spacial score (nSPS) is 19.3. The van der Waals surface area contributed by atoms with Gasteiger partial charge >= 0.3 is 0 Å². The lowest BCUT2D eigenvalue weighted by molar-refractivity contribution is 0.0254. The third-order valence-electron chi connectivity index (χ3n) is 6.68. The van der Waals surface area contributed by atoms with Crippen molar-refractivity contribution in [1.29, 1.82) is 5.26 Å². The summed E-state index contributed by atoms with van der Waals surface area (Å²) in [5.41, 5.74) is 4.72. The van der Waals surface area contributed by atoms with Crippen molar-refractivity contribution in [3.8, 4) is 23.1 Å². The van der Waals surface area contributed by atoms with Gasteiger partial charge in [0, 0.05) is 24.9 Å². The minimum absolute atomic E-state index is 0.249. The van der Waals surface area contributed by atoms with Gasteiger partial charge in [-0.1, -0.05) is 44.2 Å². The number of nitrogens with zero attached hydrogens (tertiary/aromatic N) is 3. The lowest BCUT2D eigenvalue weighted by atomic mass is 10.0. The Labute approximate surface area is 190 Å². The number of hydrogen-bond donors (Lipinski definition) is 0. The molecule has 1 aliphatic heterocycles. The number of pyridine rings is 1. The maximum atomic E-state index is 9.17. The van der Waals surface area contributed by atoms with Crippen LogP contribution >= 0.6 is 0 Å². The van der Waals surface area contributed by atoms with Gasteiger partial charge in [0.15, 0.2) is 0 Å². The Hall–Kier alpha value is -2.84. The summed E-state index contributed by atoms with van der Waals surface area (Å²) in [6.45, 7) is 2.40. The molecule has 3 aromatic rings. The molecule has 166 valence electrons. The molecule has 5 nitrogen and oxygen atoms in total. The maximum absolute atomic E-state index is 9.17. The van der Waals surface area contributed by atoms with E-state index in [1.807, 2.05) is 24.3 Å². The number of benzene rings is 1. The second kappa shape index (κ2) is 9.75. The van der Waals surface area contributed by atoms with E-state index in [1.165, 1.54) is 32.1 Å². The van der Waals surface area contributed by atoms with Crippen molar-refractivity contribution >= 4 is 11.0 Å². The first-order chi connectivity index (χ1) is 15.8. The summed E-state index contributed by atoms with van der Waals surface area (Å²) in [6, 6.07) is 14.2. The molecular weight excluding hydrogens is 398 g/mol. The Morgan fingerprint density at radius 3 is 2.72 bits per heavy atom. The predicted molar refractivity (Wildman–Crippen MR) is 126 cm³/mol. The number of hydrogen-bond acceptors (Lipinski definition) is 4. The van der Waals surface area contributed by atoms with E-state index in [0.29, 0.717) is 18.1 Å². The molecule has 0 radical (unpaired) electrons. The van der Waals surface area contributed by atoms with Crippen LogP contribution in [0.3, 0.4) is 0 Å². The van der Waals surface area contributed by atoms with Crippen LogP contribution in [0.4, 0.5) is 0 Å². The summed E-state index contributed by atoms with van der Waals surface area (Å²) in [7, 11) is 0. The summed E-state index contributed by atoms with van der Waals surface area (Å²) in [5.74, 6) is 1.50. The fourth-order valence-electron chi connectivity index (χ4n) is 4.55. The molecule has 1 atom stereocenters. The number of ether oxygens (including phenoxy) is 2. The third-order valence-corrected chi connectivity index (χ3v) is 6.68. The molecule has 2 aliphatic rings. The van der Waals surface area contributed by atoms with E-state index >= 15 is 0 Å². The van der Waals surface area contributed by atoms with E-state index in [0.717, 1.165) is 60.5 Å². The van der Waals surface area contributed by atoms with Crippen molar-refractivity contribution in [2.24, 2.45) is 5.92 Å². The molecule has 2 aromatic heterocycles. The maximum Gasteiger partial charge on any atom is 0.222 e. The number of nitriles is 1. The fraction of sp³-hybridized carbons (Fsp3) is 0.481. The minimum atomic E-state index is 0.249. The van der Waals surface area contributed by atoms with Gasteiger partial charge in [0.2, 0.25) is 5.88 Å². The summed E-state index contributed by atoms with van der Waals surface area (Å²) >= 11 is 0. The first-order valence-electron chi connectivity index (χ1n) is 12.0. The van der Waals surface area contributed by atoms with Crippen molar-refractivity contribution in [3.63, 3.8) is 0 Å². The third kappa shape index (κ3) is 4.97. The van der Waals surface area contributed by atoms with E-state index in [9.17, 15) is 0 Å². The zero-order chi connectivity index (χ0) is 21.8. The monoisotopic (exact) mass is 429 g/mol. The Bertz CT molecular complexity index is 1080. The number of fused-ring (bicyclic) bond motifs is 1. The summed E-state index contributed by atoms with van der Waals surface area (Å²) in [6.07, 6.45) is 12.2. The van der Waals surface area contributed by atoms with Crippen molar-refractivity contribution in [3.05, 3.63) is 48.2 Å². The van der Waals surface area contributed by atoms with E-state index in [-0.39, 0.29) is 6.10 Å². The highest BCUT2D eigenvalue weighted by Gasteiger charge is 2.22. The second-order valence-electron chi connectivity index (χ2n) is 9.18.